The second kappa shape index (κ2) is 11.1. The van der Waals surface area contributed by atoms with Crippen molar-refractivity contribution in [2.24, 2.45) is 17.8 Å². The quantitative estimate of drug-likeness (QED) is 0.315. The topological polar surface area (TPSA) is 144 Å². The van der Waals surface area contributed by atoms with Crippen molar-refractivity contribution >= 4 is 12.0 Å². The van der Waals surface area contributed by atoms with Crippen LogP contribution in [0.15, 0.2) is 42.7 Å². The Morgan fingerprint density at radius 1 is 1.14 bits per heavy atom. The van der Waals surface area contributed by atoms with E-state index in [1.54, 1.807) is 31.4 Å². The van der Waals surface area contributed by atoms with E-state index in [0.717, 1.165) is 5.56 Å². The zero-order chi connectivity index (χ0) is 25.1. The molecule has 192 valence electrons. The number of aliphatic hydroxyl groups is 4. The molecule has 10 atom stereocenters. The van der Waals surface area contributed by atoms with Gasteiger partial charge in [0.25, 0.3) is 0 Å². The highest BCUT2D eigenvalue weighted by Crippen LogP contribution is 2.44. The third-order valence-corrected chi connectivity index (χ3v) is 6.95. The van der Waals surface area contributed by atoms with E-state index < -0.39 is 55.7 Å². The molecule has 1 aliphatic carbocycles. The Kier molecular flexibility index (Phi) is 8.10. The van der Waals surface area contributed by atoms with E-state index in [1.807, 2.05) is 13.0 Å². The number of benzene rings is 1. The Balaban J connectivity index is 1.48. The number of rotatable bonds is 7. The molecule has 0 aromatic heterocycles. The van der Waals surface area contributed by atoms with Crippen LogP contribution < -0.4 is 4.74 Å². The molecule has 1 aromatic rings. The first-order valence-corrected chi connectivity index (χ1v) is 11.6. The molecule has 0 radical (unpaired) electrons. The number of carbonyl (C=O) groups is 1. The summed E-state index contributed by atoms with van der Waals surface area (Å²) in [6, 6.07) is 6.99. The van der Waals surface area contributed by atoms with E-state index in [0.29, 0.717) is 12.2 Å². The first-order chi connectivity index (χ1) is 16.8. The minimum atomic E-state index is -1.58. The lowest BCUT2D eigenvalue weighted by molar-refractivity contribution is -0.343. The average Bonchev–Trinajstić information content (AvgIpc) is 3.16. The molecule has 2 fully saturated rings. The number of allylic oxidation sites excluding steroid dienone is 1. The van der Waals surface area contributed by atoms with Crippen LogP contribution in [0.1, 0.15) is 18.9 Å². The Labute approximate surface area is 203 Å². The van der Waals surface area contributed by atoms with Gasteiger partial charge in [-0.3, -0.25) is 0 Å². The summed E-state index contributed by atoms with van der Waals surface area (Å²) in [6.07, 6.45) is -1.69. The minimum absolute atomic E-state index is 0.0277. The van der Waals surface area contributed by atoms with Crippen molar-refractivity contribution in [2.75, 3.05) is 13.7 Å². The highest BCUT2D eigenvalue weighted by molar-refractivity contribution is 5.87. The Morgan fingerprint density at radius 2 is 1.89 bits per heavy atom. The molecule has 0 spiro atoms. The molecule has 35 heavy (non-hydrogen) atoms. The van der Waals surface area contributed by atoms with Crippen LogP contribution in [0, 0.1) is 17.8 Å². The molecule has 10 heteroatoms. The third kappa shape index (κ3) is 5.53. The Morgan fingerprint density at radius 3 is 2.57 bits per heavy atom. The maximum atomic E-state index is 12.6. The molecule has 10 nitrogen and oxygen atoms in total. The predicted octanol–water partition coefficient (Wildman–Crippen LogP) is 0.579. The van der Waals surface area contributed by atoms with E-state index in [2.05, 4.69) is 0 Å². The van der Waals surface area contributed by atoms with Crippen LogP contribution in [0.5, 0.6) is 5.75 Å². The molecule has 3 aliphatic rings. The first kappa shape index (κ1) is 25.6. The molecule has 4 rings (SSSR count). The highest BCUT2D eigenvalue weighted by atomic mass is 16.8. The predicted molar refractivity (Wildman–Crippen MR) is 122 cm³/mol. The van der Waals surface area contributed by atoms with Gasteiger partial charge in [0.05, 0.1) is 26.1 Å². The molecule has 2 aliphatic heterocycles. The standard InChI is InChI=1S/C25H32O10/c1-13-17(27)11-15-9-10-32-24(20(13)15)35-25-23(22(30)21(29)18(12-26)33-25)34-19(28)8-5-14-3-6-16(31-2)7-4-14/h3-10,13,15,17-18,20-27,29-30H,11-12H2,1-2H3/b8-5+/t13-,15-,17-,18+,20+,21+,22-,23+,24-,25-/m0/s1. The van der Waals surface area contributed by atoms with Gasteiger partial charge in [-0.15, -0.1) is 0 Å². The molecule has 1 aromatic carbocycles. The fraction of sp³-hybridized carbons (Fsp3) is 0.560. The number of hydrogen-bond acceptors (Lipinski definition) is 10. The lowest BCUT2D eigenvalue weighted by Gasteiger charge is -2.43. The lowest BCUT2D eigenvalue weighted by Crippen LogP contribution is -2.61. The van der Waals surface area contributed by atoms with E-state index >= 15 is 0 Å². The maximum Gasteiger partial charge on any atom is 0.331 e. The second-order valence-corrected chi connectivity index (χ2v) is 9.09. The van der Waals surface area contributed by atoms with Gasteiger partial charge in [-0.05, 0) is 48.1 Å². The van der Waals surface area contributed by atoms with Crippen molar-refractivity contribution in [3.63, 3.8) is 0 Å². The van der Waals surface area contributed by atoms with Gasteiger partial charge in [0.2, 0.25) is 12.6 Å². The van der Waals surface area contributed by atoms with Gasteiger partial charge < -0.3 is 44.1 Å². The number of esters is 1. The lowest BCUT2D eigenvalue weighted by atomic mass is 9.88. The Hall–Kier alpha value is -2.47. The van der Waals surface area contributed by atoms with Crippen LogP contribution in [-0.4, -0.2) is 83.2 Å². The number of methoxy groups -OCH3 is 1. The normalized spacial score (nSPS) is 38.7. The summed E-state index contributed by atoms with van der Waals surface area (Å²) < 4.78 is 27.9. The fourth-order valence-electron chi connectivity index (χ4n) is 4.87. The molecule has 0 bridgehead atoms. The average molecular weight is 493 g/mol. The minimum Gasteiger partial charge on any atom is -0.497 e. The fourth-order valence-corrected chi connectivity index (χ4v) is 4.87. The summed E-state index contributed by atoms with van der Waals surface area (Å²) in [5.74, 6) is -0.410. The van der Waals surface area contributed by atoms with Gasteiger partial charge in [-0.1, -0.05) is 19.1 Å². The van der Waals surface area contributed by atoms with E-state index in [1.165, 1.54) is 18.4 Å². The van der Waals surface area contributed by atoms with Gasteiger partial charge in [-0.25, -0.2) is 4.79 Å². The SMILES string of the molecule is COc1ccc(/C=C/C(=O)O[C@H]2[C@H](O[C@@H]3OC=C[C@H]4C[C@H](O)[C@H](C)[C@@H]34)O[C@H](CO)[C@@H](O)[C@@H]2O)cc1. The van der Waals surface area contributed by atoms with E-state index in [9.17, 15) is 25.2 Å². The summed E-state index contributed by atoms with van der Waals surface area (Å²) in [7, 11) is 1.55. The molecular formula is C25H32O10. The molecule has 0 amide bonds. The van der Waals surface area contributed by atoms with E-state index in [-0.39, 0.29) is 17.8 Å². The smallest absolute Gasteiger partial charge is 0.331 e. The van der Waals surface area contributed by atoms with Crippen LogP contribution >= 0.6 is 0 Å². The van der Waals surface area contributed by atoms with E-state index in [4.69, 9.17) is 23.7 Å². The molecule has 2 heterocycles. The Bertz CT molecular complexity index is 915. The molecule has 1 saturated carbocycles. The molecule has 4 N–H and O–H groups in total. The summed E-state index contributed by atoms with van der Waals surface area (Å²) in [5, 5.41) is 40.9. The van der Waals surface area contributed by atoms with Crippen LogP contribution in [0.4, 0.5) is 0 Å². The van der Waals surface area contributed by atoms with Gasteiger partial charge >= 0.3 is 5.97 Å². The zero-order valence-corrected chi connectivity index (χ0v) is 19.5. The maximum absolute atomic E-state index is 12.6. The van der Waals surface area contributed by atoms with Crippen LogP contribution in [-0.2, 0) is 23.7 Å². The van der Waals surface area contributed by atoms with Crippen LogP contribution in [0.25, 0.3) is 6.08 Å². The van der Waals surface area contributed by atoms with Crippen molar-refractivity contribution in [1.82, 2.24) is 0 Å². The van der Waals surface area contributed by atoms with Gasteiger partial charge in [0, 0.05) is 12.0 Å². The van der Waals surface area contributed by atoms with Gasteiger partial charge in [0.1, 0.15) is 24.1 Å². The number of hydrogen-bond donors (Lipinski definition) is 4. The van der Waals surface area contributed by atoms with Crippen molar-refractivity contribution in [3.05, 3.63) is 48.2 Å². The van der Waals surface area contributed by atoms with Crippen molar-refractivity contribution in [1.29, 1.82) is 0 Å². The second-order valence-electron chi connectivity index (χ2n) is 9.09. The zero-order valence-electron chi connectivity index (χ0n) is 19.5. The molecular weight excluding hydrogens is 460 g/mol. The van der Waals surface area contributed by atoms with Crippen molar-refractivity contribution in [3.8, 4) is 5.75 Å². The third-order valence-electron chi connectivity index (χ3n) is 6.95. The highest BCUT2D eigenvalue weighted by Gasteiger charge is 2.51. The summed E-state index contributed by atoms with van der Waals surface area (Å²) >= 11 is 0. The number of ether oxygens (including phenoxy) is 5. The van der Waals surface area contributed by atoms with Crippen molar-refractivity contribution in [2.45, 2.75) is 56.4 Å². The molecule has 0 unspecified atom stereocenters. The molecule has 1 saturated heterocycles. The van der Waals surface area contributed by atoms with Crippen molar-refractivity contribution < 1.29 is 48.9 Å². The van der Waals surface area contributed by atoms with Crippen LogP contribution in [0.2, 0.25) is 0 Å². The van der Waals surface area contributed by atoms with Gasteiger partial charge in [-0.2, -0.15) is 0 Å². The number of fused-ring (bicyclic) bond motifs is 1. The number of aliphatic hydroxyl groups excluding tert-OH is 4. The largest absolute Gasteiger partial charge is 0.497 e. The summed E-state index contributed by atoms with van der Waals surface area (Å²) in [6.45, 7) is 1.31. The van der Waals surface area contributed by atoms with Crippen LogP contribution in [0.3, 0.4) is 0 Å². The van der Waals surface area contributed by atoms with Gasteiger partial charge in [0.15, 0.2) is 6.10 Å². The summed E-state index contributed by atoms with van der Waals surface area (Å²) in [5.41, 5.74) is 0.721. The summed E-state index contributed by atoms with van der Waals surface area (Å²) in [4.78, 5) is 12.6. The monoisotopic (exact) mass is 492 g/mol. The number of carbonyl (C=O) groups excluding carboxylic acids is 1. The first-order valence-electron chi connectivity index (χ1n) is 11.6.